The molecule has 23 heavy (non-hydrogen) atoms. The molecule has 4 nitrogen and oxygen atoms in total. The number of para-hydroxylation sites is 1. The molecule has 1 aromatic rings. The highest BCUT2D eigenvalue weighted by Crippen LogP contribution is 2.24. The van der Waals surface area contributed by atoms with E-state index in [2.05, 4.69) is 24.1 Å². The summed E-state index contributed by atoms with van der Waals surface area (Å²) >= 11 is 0. The van der Waals surface area contributed by atoms with Crippen LogP contribution in [0.2, 0.25) is 0 Å². The van der Waals surface area contributed by atoms with Gasteiger partial charge in [-0.15, -0.1) is 0 Å². The van der Waals surface area contributed by atoms with E-state index in [1.165, 1.54) is 0 Å². The van der Waals surface area contributed by atoms with Crippen molar-refractivity contribution < 1.29 is 9.84 Å². The summed E-state index contributed by atoms with van der Waals surface area (Å²) in [5.41, 5.74) is 0. The van der Waals surface area contributed by atoms with Crippen LogP contribution in [0, 0.1) is 0 Å². The molecule has 2 N–H and O–H groups in total. The van der Waals surface area contributed by atoms with Crippen LogP contribution >= 0.6 is 0 Å². The third-order valence-electron chi connectivity index (χ3n) is 4.78. The van der Waals surface area contributed by atoms with Crippen molar-refractivity contribution in [2.45, 2.75) is 57.8 Å². The van der Waals surface area contributed by atoms with Crippen LogP contribution in [0.25, 0.3) is 0 Å². The highest BCUT2D eigenvalue weighted by molar-refractivity contribution is 5.21. The van der Waals surface area contributed by atoms with Crippen LogP contribution in [0.4, 0.5) is 0 Å². The summed E-state index contributed by atoms with van der Waals surface area (Å²) in [6, 6.07) is 9.96. The molecular weight excluding hydrogens is 288 g/mol. The monoisotopic (exact) mass is 320 g/mol. The third-order valence-corrected chi connectivity index (χ3v) is 4.78. The number of aliphatic hydroxyl groups is 1. The zero-order valence-electron chi connectivity index (χ0n) is 14.6. The normalized spacial score (nSPS) is 24.8. The van der Waals surface area contributed by atoms with Gasteiger partial charge in [-0.25, -0.2) is 0 Å². The first-order valence-electron chi connectivity index (χ1n) is 9.10. The van der Waals surface area contributed by atoms with Gasteiger partial charge in [0, 0.05) is 6.04 Å². The zero-order valence-corrected chi connectivity index (χ0v) is 14.6. The van der Waals surface area contributed by atoms with Gasteiger partial charge in [0.2, 0.25) is 0 Å². The Kier molecular flexibility index (Phi) is 7.86. The topological polar surface area (TPSA) is 44.7 Å². The molecule has 0 radical (unpaired) electrons. The molecule has 1 fully saturated rings. The van der Waals surface area contributed by atoms with Gasteiger partial charge in [-0.1, -0.05) is 32.0 Å². The summed E-state index contributed by atoms with van der Waals surface area (Å²) in [5, 5.41) is 14.1. The van der Waals surface area contributed by atoms with Crippen LogP contribution in [-0.2, 0) is 0 Å². The van der Waals surface area contributed by atoms with E-state index in [1.54, 1.807) is 0 Å². The lowest BCUT2D eigenvalue weighted by molar-refractivity contribution is -0.0153. The van der Waals surface area contributed by atoms with Crippen LogP contribution in [-0.4, -0.2) is 54.4 Å². The number of benzene rings is 1. The molecule has 0 aromatic heterocycles. The Hall–Kier alpha value is -1.10. The molecule has 0 heterocycles. The van der Waals surface area contributed by atoms with E-state index in [-0.39, 0.29) is 12.1 Å². The van der Waals surface area contributed by atoms with Gasteiger partial charge in [-0.3, -0.25) is 0 Å². The van der Waals surface area contributed by atoms with Crippen LogP contribution in [0.5, 0.6) is 5.75 Å². The SMILES string of the molecule is CCN(CC)CCCN[C@H]1CCC[C@@H](Oc2ccccc2)[C@@H]1O. The lowest BCUT2D eigenvalue weighted by Crippen LogP contribution is -2.51. The number of hydrogen-bond acceptors (Lipinski definition) is 4. The fourth-order valence-corrected chi connectivity index (χ4v) is 3.29. The minimum atomic E-state index is -0.433. The minimum Gasteiger partial charge on any atom is -0.488 e. The van der Waals surface area contributed by atoms with Crippen molar-refractivity contribution in [1.82, 2.24) is 10.2 Å². The number of aliphatic hydroxyl groups excluding tert-OH is 1. The summed E-state index contributed by atoms with van der Waals surface area (Å²) in [4.78, 5) is 2.43. The average Bonchev–Trinajstić information content (AvgIpc) is 2.59. The third kappa shape index (κ3) is 5.79. The largest absolute Gasteiger partial charge is 0.488 e. The fraction of sp³-hybridized carbons (Fsp3) is 0.684. The van der Waals surface area contributed by atoms with Crippen LogP contribution in [0.15, 0.2) is 30.3 Å². The van der Waals surface area contributed by atoms with E-state index in [4.69, 9.17) is 4.74 Å². The summed E-state index contributed by atoms with van der Waals surface area (Å²) in [6.07, 6.45) is 3.63. The Bertz CT molecular complexity index is 423. The predicted octanol–water partition coefficient (Wildman–Crippen LogP) is 2.67. The standard InChI is InChI=1S/C19H32N2O2/c1-3-21(4-2)15-9-14-20-17-12-8-13-18(19(17)22)23-16-10-6-5-7-11-16/h5-7,10-11,17-20,22H,3-4,8-9,12-15H2,1-2H3/t17-,18+,19+/m0/s1. The molecule has 1 aliphatic carbocycles. The smallest absolute Gasteiger partial charge is 0.126 e. The molecule has 0 saturated heterocycles. The molecule has 2 rings (SSSR count). The first kappa shape index (κ1) is 18.2. The summed E-state index contributed by atoms with van der Waals surface area (Å²) in [7, 11) is 0. The number of rotatable bonds is 9. The maximum Gasteiger partial charge on any atom is 0.126 e. The molecule has 0 unspecified atom stereocenters. The van der Waals surface area contributed by atoms with Crippen molar-refractivity contribution in [1.29, 1.82) is 0 Å². The van der Waals surface area contributed by atoms with Crippen molar-refractivity contribution in [3.05, 3.63) is 30.3 Å². The second kappa shape index (κ2) is 9.91. The number of nitrogens with zero attached hydrogens (tertiary/aromatic N) is 1. The Labute approximate surface area is 140 Å². The van der Waals surface area contributed by atoms with Gasteiger partial charge >= 0.3 is 0 Å². The van der Waals surface area contributed by atoms with Crippen molar-refractivity contribution in [3.63, 3.8) is 0 Å². The molecule has 0 spiro atoms. The van der Waals surface area contributed by atoms with E-state index in [0.717, 1.165) is 57.6 Å². The zero-order chi connectivity index (χ0) is 16.5. The Morgan fingerprint density at radius 2 is 1.91 bits per heavy atom. The van der Waals surface area contributed by atoms with Gasteiger partial charge in [0.05, 0.1) is 0 Å². The molecule has 1 aliphatic rings. The molecule has 0 bridgehead atoms. The first-order valence-corrected chi connectivity index (χ1v) is 9.10. The van der Waals surface area contributed by atoms with Crippen molar-refractivity contribution in [3.8, 4) is 5.75 Å². The number of nitrogens with one attached hydrogen (secondary N) is 1. The van der Waals surface area contributed by atoms with Gasteiger partial charge in [0.1, 0.15) is 18.0 Å². The van der Waals surface area contributed by atoms with Crippen LogP contribution in [0.1, 0.15) is 39.5 Å². The fourth-order valence-electron chi connectivity index (χ4n) is 3.29. The molecule has 1 aromatic carbocycles. The molecular formula is C19H32N2O2. The quantitative estimate of drug-likeness (QED) is 0.687. The summed E-state index contributed by atoms with van der Waals surface area (Å²) < 4.78 is 5.98. The summed E-state index contributed by atoms with van der Waals surface area (Å²) in [5.74, 6) is 0.846. The highest BCUT2D eigenvalue weighted by atomic mass is 16.5. The Morgan fingerprint density at radius 1 is 1.17 bits per heavy atom. The van der Waals surface area contributed by atoms with E-state index >= 15 is 0 Å². The van der Waals surface area contributed by atoms with Gasteiger partial charge < -0.3 is 20.1 Å². The van der Waals surface area contributed by atoms with E-state index in [1.807, 2.05) is 30.3 Å². The molecule has 0 aliphatic heterocycles. The van der Waals surface area contributed by atoms with E-state index < -0.39 is 6.10 Å². The van der Waals surface area contributed by atoms with Gasteiger partial charge in [-0.2, -0.15) is 0 Å². The van der Waals surface area contributed by atoms with Crippen molar-refractivity contribution in [2.24, 2.45) is 0 Å². The van der Waals surface area contributed by atoms with Crippen LogP contribution < -0.4 is 10.1 Å². The number of hydrogen-bond donors (Lipinski definition) is 2. The highest BCUT2D eigenvalue weighted by Gasteiger charge is 2.32. The van der Waals surface area contributed by atoms with Crippen molar-refractivity contribution in [2.75, 3.05) is 26.2 Å². The first-order chi connectivity index (χ1) is 11.2. The summed E-state index contributed by atoms with van der Waals surface area (Å²) in [6.45, 7) is 8.69. The van der Waals surface area contributed by atoms with Crippen LogP contribution in [0.3, 0.4) is 0 Å². The molecule has 0 amide bonds. The molecule has 4 heteroatoms. The second-order valence-electron chi connectivity index (χ2n) is 6.33. The average molecular weight is 320 g/mol. The maximum atomic E-state index is 10.6. The minimum absolute atomic E-state index is 0.105. The van der Waals surface area contributed by atoms with E-state index in [0.29, 0.717) is 0 Å². The van der Waals surface area contributed by atoms with Gasteiger partial charge in [-0.05, 0) is 64.0 Å². The van der Waals surface area contributed by atoms with Gasteiger partial charge in [0.15, 0.2) is 0 Å². The Balaban J connectivity index is 1.74. The maximum absolute atomic E-state index is 10.6. The molecule has 1 saturated carbocycles. The van der Waals surface area contributed by atoms with Crippen molar-refractivity contribution >= 4 is 0 Å². The molecule has 3 atom stereocenters. The lowest BCUT2D eigenvalue weighted by atomic mass is 9.89. The van der Waals surface area contributed by atoms with E-state index in [9.17, 15) is 5.11 Å². The predicted molar refractivity (Wildman–Crippen MR) is 94.9 cm³/mol. The lowest BCUT2D eigenvalue weighted by Gasteiger charge is -2.35. The second-order valence-corrected chi connectivity index (χ2v) is 6.33. The molecule has 130 valence electrons. The van der Waals surface area contributed by atoms with Gasteiger partial charge in [0.25, 0.3) is 0 Å². The number of ether oxygens (including phenoxy) is 1. The Morgan fingerprint density at radius 3 is 2.61 bits per heavy atom.